The van der Waals surface area contributed by atoms with Crippen LogP contribution in [-0.4, -0.2) is 11.4 Å². The van der Waals surface area contributed by atoms with Crippen LogP contribution in [0.1, 0.15) is 43.0 Å². The lowest BCUT2D eigenvalue weighted by atomic mass is 9.75. The number of hydrogen-bond acceptors (Lipinski definition) is 2. The van der Waals surface area contributed by atoms with E-state index in [1.807, 2.05) is 0 Å². The molecule has 0 radical (unpaired) electrons. The van der Waals surface area contributed by atoms with Crippen LogP contribution in [-0.2, 0) is 0 Å². The summed E-state index contributed by atoms with van der Waals surface area (Å²) >= 11 is 3.18. The van der Waals surface area contributed by atoms with Gasteiger partial charge in [-0.3, -0.25) is 4.79 Å². The minimum atomic E-state index is -0.0361. The second kappa shape index (κ2) is 4.00. The summed E-state index contributed by atoms with van der Waals surface area (Å²) in [6.45, 7) is 2.12. The van der Waals surface area contributed by atoms with Gasteiger partial charge in [-0.25, -0.2) is 0 Å². The van der Waals surface area contributed by atoms with Crippen molar-refractivity contribution in [3.8, 4) is 0 Å². The monoisotopic (exact) mass is 271 g/mol. The molecule has 0 atom stereocenters. The number of rotatable bonds is 3. The molecule has 0 spiro atoms. The number of amides is 1. The average Bonchev–Trinajstić information content (AvgIpc) is 2.58. The van der Waals surface area contributed by atoms with Gasteiger partial charge >= 0.3 is 0 Å². The Bertz CT molecular complexity index is 363. The number of carbonyl (C=O) groups is 1. The van der Waals surface area contributed by atoms with E-state index in [-0.39, 0.29) is 11.4 Å². The van der Waals surface area contributed by atoms with Crippen LogP contribution in [0.15, 0.2) is 21.4 Å². The van der Waals surface area contributed by atoms with E-state index in [0.717, 1.165) is 19.3 Å². The average molecular weight is 272 g/mol. The van der Waals surface area contributed by atoms with E-state index in [1.54, 1.807) is 6.07 Å². The van der Waals surface area contributed by atoms with Gasteiger partial charge < -0.3 is 9.73 Å². The Kier molecular flexibility index (Phi) is 2.87. The van der Waals surface area contributed by atoms with Gasteiger partial charge in [0.15, 0.2) is 4.67 Å². The molecule has 1 fully saturated rings. The van der Waals surface area contributed by atoms with Crippen LogP contribution in [0.2, 0.25) is 0 Å². The molecule has 0 aliphatic heterocycles. The van der Waals surface area contributed by atoms with Gasteiger partial charge in [0, 0.05) is 11.6 Å². The maximum atomic E-state index is 11.8. The zero-order valence-electron chi connectivity index (χ0n) is 8.68. The maximum absolute atomic E-state index is 11.8. The fourth-order valence-electron chi connectivity index (χ4n) is 1.91. The highest BCUT2D eigenvalue weighted by Gasteiger charge is 2.36. The van der Waals surface area contributed by atoms with E-state index in [0.29, 0.717) is 10.2 Å². The summed E-state index contributed by atoms with van der Waals surface area (Å²) in [5.41, 5.74) is 0.627. The topological polar surface area (TPSA) is 42.2 Å². The highest BCUT2D eigenvalue weighted by Crippen LogP contribution is 2.34. The summed E-state index contributed by atoms with van der Waals surface area (Å²) < 4.78 is 5.63. The predicted molar refractivity (Wildman–Crippen MR) is 60.7 cm³/mol. The first kappa shape index (κ1) is 10.7. The van der Waals surface area contributed by atoms with Gasteiger partial charge in [-0.05, 0) is 41.6 Å². The molecule has 3 nitrogen and oxygen atoms in total. The van der Waals surface area contributed by atoms with Crippen molar-refractivity contribution >= 4 is 21.8 Å². The first-order valence-electron chi connectivity index (χ1n) is 5.22. The number of halogens is 1. The largest absolute Gasteiger partial charge is 0.457 e. The third-order valence-electron chi connectivity index (χ3n) is 3.20. The van der Waals surface area contributed by atoms with Crippen LogP contribution in [0.5, 0.6) is 0 Å². The van der Waals surface area contributed by atoms with Gasteiger partial charge in [-0.1, -0.05) is 6.92 Å². The molecule has 0 unspecified atom stereocenters. The molecule has 1 N–H and O–H groups in total. The van der Waals surface area contributed by atoms with Gasteiger partial charge in [-0.2, -0.15) is 0 Å². The molecular weight excluding hydrogens is 258 g/mol. The van der Waals surface area contributed by atoms with Gasteiger partial charge in [0.25, 0.3) is 5.91 Å². The fourth-order valence-corrected chi connectivity index (χ4v) is 2.25. The third kappa shape index (κ3) is 2.09. The standard InChI is InChI=1S/C11H14BrNO2/c1-2-11(4-3-5-11)13-10(14)8-6-9(12)15-7-8/h6-7H,2-5H2,1H3,(H,13,14). The number of hydrogen-bond donors (Lipinski definition) is 1. The Morgan fingerprint density at radius 3 is 2.80 bits per heavy atom. The SMILES string of the molecule is CCC1(NC(=O)c2coc(Br)c2)CCC1. The van der Waals surface area contributed by atoms with Gasteiger partial charge in [-0.15, -0.1) is 0 Å². The summed E-state index contributed by atoms with van der Waals surface area (Å²) in [7, 11) is 0. The summed E-state index contributed by atoms with van der Waals surface area (Å²) in [5, 5.41) is 3.09. The highest BCUT2D eigenvalue weighted by molar-refractivity contribution is 9.10. The molecule has 1 heterocycles. The summed E-state index contributed by atoms with van der Waals surface area (Å²) in [4.78, 5) is 11.8. The summed E-state index contributed by atoms with van der Waals surface area (Å²) in [5.74, 6) is -0.0361. The molecule has 1 aromatic rings. The Hall–Kier alpha value is -0.770. The zero-order valence-corrected chi connectivity index (χ0v) is 10.3. The number of nitrogens with one attached hydrogen (secondary N) is 1. The van der Waals surface area contributed by atoms with E-state index >= 15 is 0 Å². The van der Waals surface area contributed by atoms with E-state index in [2.05, 4.69) is 28.2 Å². The fraction of sp³-hybridized carbons (Fsp3) is 0.545. The van der Waals surface area contributed by atoms with E-state index < -0.39 is 0 Å². The quantitative estimate of drug-likeness (QED) is 0.918. The van der Waals surface area contributed by atoms with Crippen LogP contribution in [0, 0.1) is 0 Å². The molecule has 1 aliphatic carbocycles. The Labute approximate surface area is 97.4 Å². The second-order valence-electron chi connectivity index (χ2n) is 4.08. The van der Waals surface area contributed by atoms with Crippen molar-refractivity contribution < 1.29 is 9.21 Å². The van der Waals surface area contributed by atoms with E-state index in [4.69, 9.17) is 4.42 Å². The lowest BCUT2D eigenvalue weighted by Crippen LogP contribution is -2.52. The van der Waals surface area contributed by atoms with Crippen molar-refractivity contribution in [2.24, 2.45) is 0 Å². The van der Waals surface area contributed by atoms with Crippen LogP contribution in [0.4, 0.5) is 0 Å². The number of carbonyl (C=O) groups excluding carboxylic acids is 1. The van der Waals surface area contributed by atoms with Crippen LogP contribution >= 0.6 is 15.9 Å². The normalized spacial score (nSPS) is 18.3. The maximum Gasteiger partial charge on any atom is 0.255 e. The van der Waals surface area contributed by atoms with E-state index in [1.165, 1.54) is 12.7 Å². The summed E-state index contributed by atoms with van der Waals surface area (Å²) in [6.07, 6.45) is 5.87. The zero-order chi connectivity index (χ0) is 10.9. The van der Waals surface area contributed by atoms with Crippen molar-refractivity contribution in [2.75, 3.05) is 0 Å². The molecular formula is C11H14BrNO2. The van der Waals surface area contributed by atoms with Crippen molar-refractivity contribution in [1.29, 1.82) is 0 Å². The Morgan fingerprint density at radius 1 is 1.67 bits per heavy atom. The lowest BCUT2D eigenvalue weighted by molar-refractivity contribution is 0.0820. The molecule has 0 saturated heterocycles. The molecule has 1 aliphatic rings. The Balaban J connectivity index is 2.03. The van der Waals surface area contributed by atoms with Crippen molar-refractivity contribution in [3.63, 3.8) is 0 Å². The first-order valence-corrected chi connectivity index (χ1v) is 6.01. The third-order valence-corrected chi connectivity index (χ3v) is 3.61. The Morgan fingerprint density at radius 2 is 2.40 bits per heavy atom. The molecule has 0 aromatic carbocycles. The predicted octanol–water partition coefficient (Wildman–Crippen LogP) is 3.10. The van der Waals surface area contributed by atoms with E-state index in [9.17, 15) is 4.79 Å². The molecule has 15 heavy (non-hydrogen) atoms. The van der Waals surface area contributed by atoms with Crippen molar-refractivity contribution in [3.05, 3.63) is 22.6 Å². The first-order chi connectivity index (χ1) is 7.15. The van der Waals surface area contributed by atoms with Crippen molar-refractivity contribution in [2.45, 2.75) is 38.1 Å². The molecule has 1 amide bonds. The molecule has 1 saturated carbocycles. The van der Waals surface area contributed by atoms with Gasteiger partial charge in [0.05, 0.1) is 5.56 Å². The molecule has 2 rings (SSSR count). The van der Waals surface area contributed by atoms with Gasteiger partial charge in [0.1, 0.15) is 6.26 Å². The van der Waals surface area contributed by atoms with Gasteiger partial charge in [0.2, 0.25) is 0 Å². The smallest absolute Gasteiger partial charge is 0.255 e. The molecule has 0 bridgehead atoms. The van der Waals surface area contributed by atoms with Crippen LogP contribution in [0.3, 0.4) is 0 Å². The molecule has 1 aromatic heterocycles. The highest BCUT2D eigenvalue weighted by atomic mass is 79.9. The van der Waals surface area contributed by atoms with Crippen LogP contribution in [0.25, 0.3) is 0 Å². The minimum Gasteiger partial charge on any atom is -0.457 e. The van der Waals surface area contributed by atoms with Crippen LogP contribution < -0.4 is 5.32 Å². The molecule has 82 valence electrons. The summed E-state index contributed by atoms with van der Waals surface area (Å²) in [6, 6.07) is 1.69. The second-order valence-corrected chi connectivity index (χ2v) is 4.86. The molecule has 4 heteroatoms. The van der Waals surface area contributed by atoms with Crippen molar-refractivity contribution in [1.82, 2.24) is 5.32 Å². The lowest BCUT2D eigenvalue weighted by Gasteiger charge is -2.41. The minimum absolute atomic E-state index is 0.0361. The number of furan rings is 1.